The van der Waals surface area contributed by atoms with E-state index in [4.69, 9.17) is 4.74 Å². The van der Waals surface area contributed by atoms with Crippen LogP contribution in [0.3, 0.4) is 0 Å². The van der Waals surface area contributed by atoms with Gasteiger partial charge in [0.2, 0.25) is 0 Å². The number of benzene rings is 1. The molecule has 1 aromatic carbocycles. The summed E-state index contributed by atoms with van der Waals surface area (Å²) < 4.78 is 18.3. The summed E-state index contributed by atoms with van der Waals surface area (Å²) in [6, 6.07) is 6.20. The molecule has 1 aromatic rings. The van der Waals surface area contributed by atoms with Crippen LogP contribution in [0.2, 0.25) is 0 Å². The monoisotopic (exact) mass is 238 g/mol. The lowest BCUT2D eigenvalue weighted by Gasteiger charge is -2.12. The van der Waals surface area contributed by atoms with Gasteiger partial charge < -0.3 is 15.4 Å². The van der Waals surface area contributed by atoms with Gasteiger partial charge in [0, 0.05) is 12.6 Å². The van der Waals surface area contributed by atoms with E-state index in [1.165, 1.54) is 12.1 Å². The van der Waals surface area contributed by atoms with Crippen LogP contribution in [-0.4, -0.2) is 31.6 Å². The summed E-state index contributed by atoms with van der Waals surface area (Å²) in [7, 11) is 0. The summed E-state index contributed by atoms with van der Waals surface area (Å²) in [4.78, 5) is 11.5. The summed E-state index contributed by atoms with van der Waals surface area (Å²) in [5.41, 5.74) is 0. The van der Waals surface area contributed by atoms with Crippen molar-refractivity contribution in [3.8, 4) is 5.75 Å². The molecule has 1 saturated heterocycles. The second kappa shape index (κ2) is 5.63. The molecule has 1 aliphatic heterocycles. The van der Waals surface area contributed by atoms with Gasteiger partial charge >= 0.3 is 0 Å². The third-order valence-corrected chi connectivity index (χ3v) is 2.62. The van der Waals surface area contributed by atoms with Gasteiger partial charge in [-0.15, -0.1) is 0 Å². The molecule has 1 heterocycles. The minimum Gasteiger partial charge on any atom is -0.481 e. The van der Waals surface area contributed by atoms with Crippen molar-refractivity contribution < 1.29 is 13.9 Å². The highest BCUT2D eigenvalue weighted by molar-refractivity contribution is 5.77. The number of ether oxygens (including phenoxy) is 1. The molecule has 0 saturated carbocycles. The lowest BCUT2D eigenvalue weighted by molar-refractivity contribution is -0.123. The summed E-state index contributed by atoms with van der Waals surface area (Å²) >= 11 is 0. The smallest absolute Gasteiger partial charge is 0.258 e. The molecule has 92 valence electrons. The van der Waals surface area contributed by atoms with E-state index in [-0.39, 0.29) is 24.3 Å². The third-order valence-electron chi connectivity index (χ3n) is 2.62. The summed E-state index contributed by atoms with van der Waals surface area (Å²) in [5, 5.41) is 5.96. The molecule has 2 N–H and O–H groups in total. The molecule has 17 heavy (non-hydrogen) atoms. The molecule has 0 radical (unpaired) electrons. The second-order valence-electron chi connectivity index (χ2n) is 3.98. The lowest BCUT2D eigenvalue weighted by Crippen LogP contribution is -2.39. The van der Waals surface area contributed by atoms with Crippen LogP contribution < -0.4 is 15.4 Å². The Morgan fingerprint density at radius 2 is 2.35 bits per heavy atom. The predicted molar refractivity (Wildman–Crippen MR) is 61.3 cm³/mol. The molecule has 0 bridgehead atoms. The zero-order valence-corrected chi connectivity index (χ0v) is 9.41. The van der Waals surface area contributed by atoms with Crippen LogP contribution in [0.5, 0.6) is 5.75 Å². The van der Waals surface area contributed by atoms with Crippen LogP contribution in [0.15, 0.2) is 24.3 Å². The van der Waals surface area contributed by atoms with Gasteiger partial charge in [-0.05, 0) is 25.1 Å². The Hall–Kier alpha value is -1.62. The van der Waals surface area contributed by atoms with Crippen molar-refractivity contribution in [1.82, 2.24) is 10.6 Å². The highest BCUT2D eigenvalue weighted by Gasteiger charge is 2.16. The Labute approximate surface area is 99.2 Å². The molecule has 1 aliphatic rings. The van der Waals surface area contributed by atoms with Crippen molar-refractivity contribution in [1.29, 1.82) is 0 Å². The van der Waals surface area contributed by atoms with E-state index in [1.54, 1.807) is 12.1 Å². The SMILES string of the molecule is O=C(COc1ccccc1F)NC1CCNC1. The fraction of sp³-hybridized carbons (Fsp3) is 0.417. The van der Waals surface area contributed by atoms with E-state index in [9.17, 15) is 9.18 Å². The molecule has 1 atom stereocenters. The Balaban J connectivity index is 1.77. The first-order valence-corrected chi connectivity index (χ1v) is 5.63. The molecule has 1 amide bonds. The number of amides is 1. The minimum atomic E-state index is -0.456. The number of carbonyl (C=O) groups excluding carboxylic acids is 1. The maximum absolute atomic E-state index is 13.2. The second-order valence-corrected chi connectivity index (χ2v) is 3.98. The summed E-state index contributed by atoms with van der Waals surface area (Å²) in [5.74, 6) is -0.572. The van der Waals surface area contributed by atoms with Crippen molar-refractivity contribution in [2.45, 2.75) is 12.5 Å². The summed E-state index contributed by atoms with van der Waals surface area (Å²) in [6.45, 7) is 1.54. The van der Waals surface area contributed by atoms with E-state index in [1.807, 2.05) is 0 Å². The molecule has 4 nitrogen and oxygen atoms in total. The van der Waals surface area contributed by atoms with Crippen molar-refractivity contribution in [3.63, 3.8) is 0 Å². The Morgan fingerprint density at radius 3 is 3.06 bits per heavy atom. The lowest BCUT2D eigenvalue weighted by atomic mass is 10.2. The van der Waals surface area contributed by atoms with Gasteiger partial charge in [-0.2, -0.15) is 0 Å². The van der Waals surface area contributed by atoms with Crippen LogP contribution in [0.1, 0.15) is 6.42 Å². The van der Waals surface area contributed by atoms with Gasteiger partial charge in [0.05, 0.1) is 0 Å². The molecule has 5 heteroatoms. The van der Waals surface area contributed by atoms with Gasteiger partial charge in [-0.1, -0.05) is 12.1 Å². The van der Waals surface area contributed by atoms with Gasteiger partial charge in [0.25, 0.3) is 5.91 Å². The van der Waals surface area contributed by atoms with E-state index in [0.717, 1.165) is 19.5 Å². The average molecular weight is 238 g/mol. The number of halogens is 1. The zero-order chi connectivity index (χ0) is 12.1. The first-order chi connectivity index (χ1) is 8.25. The molecular weight excluding hydrogens is 223 g/mol. The van der Waals surface area contributed by atoms with Crippen molar-refractivity contribution in [3.05, 3.63) is 30.1 Å². The topological polar surface area (TPSA) is 50.4 Å². The number of hydrogen-bond donors (Lipinski definition) is 2. The highest BCUT2D eigenvalue weighted by Crippen LogP contribution is 2.14. The minimum absolute atomic E-state index is 0.104. The number of hydrogen-bond acceptors (Lipinski definition) is 3. The van der Waals surface area contributed by atoms with Crippen molar-refractivity contribution in [2.75, 3.05) is 19.7 Å². The first-order valence-electron chi connectivity index (χ1n) is 5.63. The number of para-hydroxylation sites is 1. The van der Waals surface area contributed by atoms with E-state index in [0.29, 0.717) is 0 Å². The largest absolute Gasteiger partial charge is 0.481 e. The fourth-order valence-electron chi connectivity index (χ4n) is 1.75. The maximum Gasteiger partial charge on any atom is 0.258 e. The Bertz CT molecular complexity index is 392. The molecule has 1 unspecified atom stereocenters. The Kier molecular flexibility index (Phi) is 3.93. The third kappa shape index (κ3) is 3.42. The number of nitrogens with one attached hydrogen (secondary N) is 2. The van der Waals surface area contributed by atoms with Crippen LogP contribution >= 0.6 is 0 Å². The predicted octanol–water partition coefficient (Wildman–Crippen LogP) is 0.683. The molecular formula is C12H15FN2O2. The van der Waals surface area contributed by atoms with E-state index in [2.05, 4.69) is 10.6 Å². The van der Waals surface area contributed by atoms with Gasteiger partial charge in [0.1, 0.15) is 0 Å². The fourth-order valence-corrected chi connectivity index (χ4v) is 1.75. The highest BCUT2D eigenvalue weighted by atomic mass is 19.1. The first kappa shape index (κ1) is 11.9. The van der Waals surface area contributed by atoms with E-state index < -0.39 is 5.82 Å². The quantitative estimate of drug-likeness (QED) is 0.811. The molecule has 1 fully saturated rings. The van der Waals surface area contributed by atoms with Crippen LogP contribution in [0.4, 0.5) is 4.39 Å². The normalized spacial score (nSPS) is 19.0. The van der Waals surface area contributed by atoms with Gasteiger partial charge in [-0.3, -0.25) is 4.79 Å². The molecule has 0 spiro atoms. The molecule has 0 aliphatic carbocycles. The van der Waals surface area contributed by atoms with Crippen molar-refractivity contribution in [2.24, 2.45) is 0 Å². The molecule has 0 aromatic heterocycles. The van der Waals surface area contributed by atoms with Crippen LogP contribution in [0.25, 0.3) is 0 Å². The average Bonchev–Trinajstić information content (AvgIpc) is 2.81. The van der Waals surface area contributed by atoms with Gasteiger partial charge in [0.15, 0.2) is 18.2 Å². The Morgan fingerprint density at radius 1 is 1.53 bits per heavy atom. The zero-order valence-electron chi connectivity index (χ0n) is 9.41. The standard InChI is InChI=1S/C12H15FN2O2/c13-10-3-1-2-4-11(10)17-8-12(16)15-9-5-6-14-7-9/h1-4,9,14H,5-8H2,(H,15,16). The van der Waals surface area contributed by atoms with E-state index >= 15 is 0 Å². The maximum atomic E-state index is 13.2. The number of carbonyl (C=O) groups is 1. The molecule has 2 rings (SSSR count). The number of rotatable bonds is 4. The van der Waals surface area contributed by atoms with Crippen molar-refractivity contribution >= 4 is 5.91 Å². The van der Waals surface area contributed by atoms with Crippen LogP contribution in [0, 0.1) is 5.82 Å². The van der Waals surface area contributed by atoms with Crippen LogP contribution in [-0.2, 0) is 4.79 Å². The van der Waals surface area contributed by atoms with Gasteiger partial charge in [-0.25, -0.2) is 4.39 Å². The summed E-state index contributed by atoms with van der Waals surface area (Å²) in [6.07, 6.45) is 0.922.